The van der Waals surface area contributed by atoms with Crippen molar-refractivity contribution in [1.82, 2.24) is 4.98 Å². The van der Waals surface area contributed by atoms with Crippen LogP contribution < -0.4 is 15.4 Å². The number of aromatic nitrogens is 1. The van der Waals surface area contributed by atoms with Crippen molar-refractivity contribution in [2.75, 3.05) is 18.1 Å². The number of hydrogen-bond donors (Lipinski definition) is 1. The summed E-state index contributed by atoms with van der Waals surface area (Å²) in [6.45, 7) is 2.81. The van der Waals surface area contributed by atoms with Crippen molar-refractivity contribution >= 4 is 11.6 Å². The standard InChI is InChI=1S/C16H17N3O2/c1-11(17)13-7-8-14-15(18-13)21-10-9-19(14)16(20)12-5-3-2-4-6-12/h2-8,11H,9-10,17H2,1H3. The van der Waals surface area contributed by atoms with Gasteiger partial charge < -0.3 is 15.4 Å². The Kier molecular flexibility index (Phi) is 3.58. The van der Waals surface area contributed by atoms with Crippen LogP contribution in [0.5, 0.6) is 5.88 Å². The molecular weight excluding hydrogens is 266 g/mol. The van der Waals surface area contributed by atoms with Crippen LogP contribution in [0.25, 0.3) is 0 Å². The SMILES string of the molecule is CC(N)c1ccc2c(n1)OCCN2C(=O)c1ccccc1. The first-order valence-corrected chi connectivity index (χ1v) is 6.93. The second-order valence-electron chi connectivity index (χ2n) is 5.02. The third-order valence-electron chi connectivity index (χ3n) is 3.44. The van der Waals surface area contributed by atoms with Crippen LogP contribution in [0.15, 0.2) is 42.5 Å². The fourth-order valence-electron chi connectivity index (χ4n) is 2.31. The number of amides is 1. The fourth-order valence-corrected chi connectivity index (χ4v) is 2.31. The maximum Gasteiger partial charge on any atom is 0.258 e. The van der Waals surface area contributed by atoms with Gasteiger partial charge in [0.2, 0.25) is 5.88 Å². The van der Waals surface area contributed by atoms with Gasteiger partial charge in [0.1, 0.15) is 12.3 Å². The van der Waals surface area contributed by atoms with Gasteiger partial charge in [-0.15, -0.1) is 0 Å². The average molecular weight is 283 g/mol. The highest BCUT2D eigenvalue weighted by Gasteiger charge is 2.26. The molecule has 0 saturated heterocycles. The number of fused-ring (bicyclic) bond motifs is 1. The van der Waals surface area contributed by atoms with Gasteiger partial charge in [-0.05, 0) is 31.2 Å². The summed E-state index contributed by atoms with van der Waals surface area (Å²) in [5.74, 6) is 0.427. The molecule has 1 amide bonds. The molecule has 21 heavy (non-hydrogen) atoms. The summed E-state index contributed by atoms with van der Waals surface area (Å²) in [5, 5.41) is 0. The molecular formula is C16H17N3O2. The molecule has 0 bridgehead atoms. The van der Waals surface area contributed by atoms with Crippen molar-refractivity contribution in [1.29, 1.82) is 0 Å². The summed E-state index contributed by atoms with van der Waals surface area (Å²) >= 11 is 0. The summed E-state index contributed by atoms with van der Waals surface area (Å²) in [7, 11) is 0. The largest absolute Gasteiger partial charge is 0.474 e. The van der Waals surface area contributed by atoms with Crippen molar-refractivity contribution in [3.05, 3.63) is 53.7 Å². The zero-order valence-corrected chi connectivity index (χ0v) is 11.8. The first-order chi connectivity index (χ1) is 10.2. The fraction of sp³-hybridized carbons (Fsp3) is 0.250. The first kappa shape index (κ1) is 13.6. The summed E-state index contributed by atoms with van der Waals surface area (Å²) in [5.41, 5.74) is 7.93. The minimum Gasteiger partial charge on any atom is -0.474 e. The summed E-state index contributed by atoms with van der Waals surface area (Å²) in [6, 6.07) is 12.7. The van der Waals surface area contributed by atoms with E-state index in [4.69, 9.17) is 10.5 Å². The van der Waals surface area contributed by atoms with E-state index in [2.05, 4.69) is 4.98 Å². The van der Waals surface area contributed by atoms with E-state index in [-0.39, 0.29) is 11.9 Å². The zero-order valence-electron chi connectivity index (χ0n) is 11.8. The molecule has 1 aliphatic heterocycles. The Hall–Kier alpha value is -2.40. The number of carbonyl (C=O) groups excluding carboxylic acids is 1. The molecule has 1 atom stereocenters. The number of benzene rings is 1. The van der Waals surface area contributed by atoms with Crippen LogP contribution in [0.2, 0.25) is 0 Å². The monoisotopic (exact) mass is 283 g/mol. The Morgan fingerprint density at radius 3 is 2.76 bits per heavy atom. The van der Waals surface area contributed by atoms with Crippen LogP contribution in [-0.4, -0.2) is 24.0 Å². The molecule has 0 spiro atoms. The average Bonchev–Trinajstić information content (AvgIpc) is 2.54. The molecule has 1 aromatic carbocycles. The molecule has 2 aromatic rings. The minimum atomic E-state index is -0.167. The van der Waals surface area contributed by atoms with Gasteiger partial charge in [0.05, 0.1) is 12.2 Å². The van der Waals surface area contributed by atoms with E-state index in [9.17, 15) is 4.79 Å². The molecule has 5 heteroatoms. The molecule has 5 nitrogen and oxygen atoms in total. The molecule has 0 saturated carbocycles. The lowest BCUT2D eigenvalue weighted by molar-refractivity contribution is 0.0975. The lowest BCUT2D eigenvalue weighted by Crippen LogP contribution is -2.38. The Balaban J connectivity index is 1.96. The molecule has 2 N–H and O–H groups in total. The quantitative estimate of drug-likeness (QED) is 0.917. The van der Waals surface area contributed by atoms with Crippen LogP contribution in [0.4, 0.5) is 5.69 Å². The maximum absolute atomic E-state index is 12.6. The maximum atomic E-state index is 12.6. The summed E-state index contributed by atoms with van der Waals surface area (Å²) in [6.07, 6.45) is 0. The van der Waals surface area contributed by atoms with E-state index >= 15 is 0 Å². The van der Waals surface area contributed by atoms with Gasteiger partial charge in [-0.3, -0.25) is 4.79 Å². The van der Waals surface area contributed by atoms with Crippen molar-refractivity contribution in [3.8, 4) is 5.88 Å². The van der Waals surface area contributed by atoms with Crippen molar-refractivity contribution in [3.63, 3.8) is 0 Å². The van der Waals surface area contributed by atoms with E-state index in [1.807, 2.05) is 37.3 Å². The molecule has 0 aliphatic carbocycles. The van der Waals surface area contributed by atoms with E-state index in [0.717, 1.165) is 5.69 Å². The topological polar surface area (TPSA) is 68.5 Å². The second kappa shape index (κ2) is 5.54. The molecule has 0 fully saturated rings. The Labute approximate surface area is 123 Å². The Morgan fingerprint density at radius 1 is 1.29 bits per heavy atom. The Morgan fingerprint density at radius 2 is 2.05 bits per heavy atom. The van der Waals surface area contributed by atoms with Crippen LogP contribution in [0, 0.1) is 0 Å². The van der Waals surface area contributed by atoms with E-state index in [1.54, 1.807) is 17.0 Å². The molecule has 2 heterocycles. The van der Waals surface area contributed by atoms with Gasteiger partial charge in [0, 0.05) is 11.6 Å². The number of carbonyl (C=O) groups is 1. The highest BCUT2D eigenvalue weighted by Crippen LogP contribution is 2.31. The number of nitrogens with two attached hydrogens (primary N) is 1. The van der Waals surface area contributed by atoms with E-state index in [0.29, 0.717) is 30.3 Å². The van der Waals surface area contributed by atoms with Gasteiger partial charge >= 0.3 is 0 Å². The lowest BCUT2D eigenvalue weighted by atomic mass is 10.1. The predicted molar refractivity (Wildman–Crippen MR) is 80.5 cm³/mol. The highest BCUT2D eigenvalue weighted by atomic mass is 16.5. The normalized spacial score (nSPS) is 15.0. The summed E-state index contributed by atoms with van der Waals surface area (Å²) < 4.78 is 5.57. The Bertz CT molecular complexity index is 656. The van der Waals surface area contributed by atoms with Gasteiger partial charge in [-0.2, -0.15) is 0 Å². The van der Waals surface area contributed by atoms with Gasteiger partial charge in [-0.25, -0.2) is 4.98 Å². The number of hydrogen-bond acceptors (Lipinski definition) is 4. The third-order valence-corrected chi connectivity index (χ3v) is 3.44. The van der Waals surface area contributed by atoms with Crippen LogP contribution >= 0.6 is 0 Å². The molecule has 1 unspecified atom stereocenters. The van der Waals surface area contributed by atoms with Gasteiger partial charge in [-0.1, -0.05) is 18.2 Å². The third kappa shape index (κ3) is 2.60. The van der Waals surface area contributed by atoms with Crippen molar-refractivity contribution in [2.45, 2.75) is 13.0 Å². The van der Waals surface area contributed by atoms with E-state index in [1.165, 1.54) is 0 Å². The number of rotatable bonds is 2. The summed E-state index contributed by atoms with van der Waals surface area (Å²) in [4.78, 5) is 18.7. The van der Waals surface area contributed by atoms with Gasteiger partial charge in [0.25, 0.3) is 5.91 Å². The molecule has 108 valence electrons. The van der Waals surface area contributed by atoms with Crippen LogP contribution in [0.3, 0.4) is 0 Å². The first-order valence-electron chi connectivity index (χ1n) is 6.93. The van der Waals surface area contributed by atoms with Crippen molar-refractivity contribution in [2.24, 2.45) is 5.73 Å². The lowest BCUT2D eigenvalue weighted by Gasteiger charge is -2.29. The highest BCUT2D eigenvalue weighted by molar-refractivity contribution is 6.06. The minimum absolute atomic E-state index is 0.0458. The van der Waals surface area contributed by atoms with Gasteiger partial charge in [0.15, 0.2) is 0 Å². The van der Waals surface area contributed by atoms with Crippen molar-refractivity contribution < 1.29 is 9.53 Å². The number of nitrogens with zero attached hydrogens (tertiary/aromatic N) is 2. The number of anilines is 1. The second-order valence-corrected chi connectivity index (χ2v) is 5.02. The zero-order chi connectivity index (χ0) is 14.8. The molecule has 3 rings (SSSR count). The number of pyridine rings is 1. The molecule has 0 radical (unpaired) electrons. The van der Waals surface area contributed by atoms with E-state index < -0.39 is 0 Å². The molecule has 1 aliphatic rings. The van der Waals surface area contributed by atoms with Crippen LogP contribution in [0.1, 0.15) is 29.0 Å². The number of ether oxygens (including phenoxy) is 1. The smallest absolute Gasteiger partial charge is 0.258 e. The van der Waals surface area contributed by atoms with Crippen LogP contribution in [-0.2, 0) is 0 Å². The predicted octanol–water partition coefficient (Wildman–Crippen LogP) is 2.14. The molecule has 1 aromatic heterocycles.